The van der Waals surface area contributed by atoms with E-state index in [1.54, 1.807) is 24.3 Å². The molecule has 0 bridgehead atoms. The lowest BCUT2D eigenvalue weighted by Gasteiger charge is -2.14. The van der Waals surface area contributed by atoms with E-state index in [9.17, 15) is 19.5 Å². The number of ether oxygens (including phenoxy) is 1. The molecule has 2 N–H and O–H groups in total. The van der Waals surface area contributed by atoms with Crippen LogP contribution in [0.5, 0.6) is 5.75 Å². The number of anilines is 1. The van der Waals surface area contributed by atoms with Crippen molar-refractivity contribution in [3.05, 3.63) is 58.6 Å². The first-order valence-corrected chi connectivity index (χ1v) is 7.77. The summed E-state index contributed by atoms with van der Waals surface area (Å²) >= 11 is 5.70. The third kappa shape index (κ3) is 4.81. The van der Waals surface area contributed by atoms with Crippen LogP contribution in [0.25, 0.3) is 0 Å². The van der Waals surface area contributed by atoms with E-state index in [2.05, 4.69) is 5.32 Å². The summed E-state index contributed by atoms with van der Waals surface area (Å²) in [6, 6.07) is 10.3. The number of carbonyl (C=O) groups excluding carboxylic acids is 3. The van der Waals surface area contributed by atoms with Crippen LogP contribution in [0, 0.1) is 0 Å². The lowest BCUT2D eigenvalue weighted by Crippen LogP contribution is -2.30. The van der Waals surface area contributed by atoms with Gasteiger partial charge in [0.2, 0.25) is 0 Å². The Labute approximate surface area is 149 Å². The van der Waals surface area contributed by atoms with Crippen LogP contribution in [0.3, 0.4) is 0 Å². The first kappa shape index (κ1) is 18.5. The molecule has 0 radical (unpaired) electrons. The number of esters is 1. The van der Waals surface area contributed by atoms with Crippen molar-refractivity contribution in [3.63, 3.8) is 0 Å². The molecule has 0 saturated heterocycles. The minimum Gasteiger partial charge on any atom is -0.507 e. The van der Waals surface area contributed by atoms with E-state index in [0.29, 0.717) is 11.3 Å². The van der Waals surface area contributed by atoms with Crippen molar-refractivity contribution in [2.45, 2.75) is 20.0 Å². The monoisotopic (exact) mass is 361 g/mol. The fourth-order valence-electron chi connectivity index (χ4n) is 1.99. The molecule has 1 amide bonds. The van der Waals surface area contributed by atoms with Crippen LogP contribution in [-0.2, 0) is 9.53 Å². The number of amides is 1. The van der Waals surface area contributed by atoms with Crippen molar-refractivity contribution < 1.29 is 24.2 Å². The second-order valence-corrected chi connectivity index (χ2v) is 5.77. The van der Waals surface area contributed by atoms with Crippen LogP contribution in [0.4, 0.5) is 5.69 Å². The number of Topliss-reactive ketones (excluding diaryl/α,β-unsaturated/α-hetero) is 1. The number of nitrogens with one attached hydrogen (secondary N) is 1. The molecule has 0 saturated carbocycles. The van der Waals surface area contributed by atoms with Gasteiger partial charge >= 0.3 is 5.97 Å². The molecule has 7 heteroatoms. The van der Waals surface area contributed by atoms with Gasteiger partial charge in [-0.15, -0.1) is 0 Å². The molecule has 6 nitrogen and oxygen atoms in total. The van der Waals surface area contributed by atoms with E-state index in [1.807, 2.05) is 0 Å². The summed E-state index contributed by atoms with van der Waals surface area (Å²) in [4.78, 5) is 35.3. The van der Waals surface area contributed by atoms with Gasteiger partial charge in [0, 0.05) is 16.3 Å². The van der Waals surface area contributed by atoms with E-state index in [4.69, 9.17) is 16.3 Å². The quantitative estimate of drug-likeness (QED) is 0.628. The zero-order valence-corrected chi connectivity index (χ0v) is 14.3. The minimum atomic E-state index is -1.09. The summed E-state index contributed by atoms with van der Waals surface area (Å²) in [7, 11) is 0. The second-order valence-electron chi connectivity index (χ2n) is 5.33. The third-order valence-corrected chi connectivity index (χ3v) is 3.63. The zero-order chi connectivity index (χ0) is 18.6. The maximum atomic E-state index is 12.1. The van der Waals surface area contributed by atoms with E-state index < -0.39 is 18.0 Å². The van der Waals surface area contributed by atoms with Crippen LogP contribution >= 0.6 is 11.6 Å². The lowest BCUT2D eigenvalue weighted by molar-refractivity contribution is -0.123. The Morgan fingerprint density at radius 2 is 1.76 bits per heavy atom. The van der Waals surface area contributed by atoms with Gasteiger partial charge in [0.25, 0.3) is 5.91 Å². The molecule has 0 aliphatic heterocycles. The average Bonchev–Trinajstić information content (AvgIpc) is 2.55. The number of aromatic hydroxyl groups is 1. The molecule has 0 fully saturated rings. The number of hydrogen-bond donors (Lipinski definition) is 2. The molecular formula is C18H16ClNO5. The van der Waals surface area contributed by atoms with Crippen LogP contribution in [0.1, 0.15) is 34.6 Å². The number of phenols is 1. The summed E-state index contributed by atoms with van der Waals surface area (Å²) in [6.45, 7) is 2.85. The molecule has 0 aliphatic carbocycles. The number of phenolic OH excluding ortho intramolecular Hbond substituents is 1. The standard InChI is InChI=1S/C18H16ClNO5/c1-10(21)12-3-6-14(7-4-12)20-17(23)11(2)25-18(24)15-8-5-13(19)9-16(15)22/h3-9,11,22H,1-2H3,(H,20,23)/t11-/m1/s1. The number of halogens is 1. The van der Waals surface area contributed by atoms with Crippen LogP contribution in [0.2, 0.25) is 5.02 Å². The fraction of sp³-hybridized carbons (Fsp3) is 0.167. The molecule has 2 rings (SSSR count). The molecule has 0 heterocycles. The third-order valence-electron chi connectivity index (χ3n) is 3.39. The van der Waals surface area contributed by atoms with Crippen molar-refractivity contribution in [1.82, 2.24) is 0 Å². The topological polar surface area (TPSA) is 92.7 Å². The molecule has 2 aromatic rings. The Balaban J connectivity index is 1.99. The van der Waals surface area contributed by atoms with Crippen molar-refractivity contribution in [2.75, 3.05) is 5.32 Å². The fourth-order valence-corrected chi connectivity index (χ4v) is 2.15. The first-order chi connectivity index (χ1) is 11.8. The predicted molar refractivity (Wildman–Crippen MR) is 93.1 cm³/mol. The first-order valence-electron chi connectivity index (χ1n) is 7.39. The van der Waals surface area contributed by atoms with Gasteiger partial charge in [-0.2, -0.15) is 0 Å². The number of carbonyl (C=O) groups is 3. The number of rotatable bonds is 5. The van der Waals surface area contributed by atoms with Crippen LogP contribution in [0.15, 0.2) is 42.5 Å². The summed E-state index contributed by atoms with van der Waals surface area (Å²) in [5.74, 6) is -1.80. The molecule has 0 aromatic heterocycles. The molecule has 0 unspecified atom stereocenters. The summed E-state index contributed by atoms with van der Waals surface area (Å²) in [5.41, 5.74) is 0.901. The Hall–Kier alpha value is -2.86. The highest BCUT2D eigenvalue weighted by Gasteiger charge is 2.21. The highest BCUT2D eigenvalue weighted by molar-refractivity contribution is 6.30. The van der Waals surface area contributed by atoms with Gasteiger partial charge < -0.3 is 15.2 Å². The summed E-state index contributed by atoms with van der Waals surface area (Å²) in [5, 5.41) is 12.6. The Bertz CT molecular complexity index is 817. The molecule has 0 aliphatic rings. The summed E-state index contributed by atoms with van der Waals surface area (Å²) < 4.78 is 5.04. The SMILES string of the molecule is CC(=O)c1ccc(NC(=O)[C@@H](C)OC(=O)c2ccc(Cl)cc2O)cc1. The van der Waals surface area contributed by atoms with Crippen LogP contribution in [-0.4, -0.2) is 28.9 Å². The second kappa shape index (κ2) is 7.81. The Morgan fingerprint density at radius 1 is 1.12 bits per heavy atom. The van der Waals surface area contributed by atoms with Crippen molar-refractivity contribution in [3.8, 4) is 5.75 Å². The molecule has 2 aromatic carbocycles. The minimum absolute atomic E-state index is 0.0806. The average molecular weight is 362 g/mol. The smallest absolute Gasteiger partial charge is 0.342 e. The van der Waals surface area contributed by atoms with Gasteiger partial charge in [-0.1, -0.05) is 11.6 Å². The molecule has 130 valence electrons. The Kier molecular flexibility index (Phi) is 5.77. The maximum Gasteiger partial charge on any atom is 0.342 e. The van der Waals surface area contributed by atoms with Crippen molar-refractivity contribution >= 4 is 34.9 Å². The predicted octanol–water partition coefficient (Wildman–Crippen LogP) is 3.43. The van der Waals surface area contributed by atoms with Gasteiger partial charge in [-0.05, 0) is 56.3 Å². The van der Waals surface area contributed by atoms with E-state index in [0.717, 1.165) is 0 Å². The van der Waals surface area contributed by atoms with E-state index in [1.165, 1.54) is 32.0 Å². The summed E-state index contributed by atoms with van der Waals surface area (Å²) in [6.07, 6.45) is -1.09. The van der Waals surface area contributed by atoms with Gasteiger partial charge in [0.1, 0.15) is 11.3 Å². The van der Waals surface area contributed by atoms with E-state index in [-0.39, 0.29) is 22.1 Å². The molecular weight excluding hydrogens is 346 g/mol. The maximum absolute atomic E-state index is 12.1. The highest BCUT2D eigenvalue weighted by atomic mass is 35.5. The normalized spacial score (nSPS) is 11.5. The molecule has 0 spiro atoms. The van der Waals surface area contributed by atoms with E-state index >= 15 is 0 Å². The van der Waals surface area contributed by atoms with Crippen molar-refractivity contribution in [1.29, 1.82) is 0 Å². The van der Waals surface area contributed by atoms with Gasteiger partial charge in [-0.3, -0.25) is 9.59 Å². The van der Waals surface area contributed by atoms with Gasteiger partial charge in [0.15, 0.2) is 11.9 Å². The van der Waals surface area contributed by atoms with Crippen LogP contribution < -0.4 is 5.32 Å². The molecule has 1 atom stereocenters. The number of ketones is 1. The zero-order valence-electron chi connectivity index (χ0n) is 13.6. The van der Waals surface area contributed by atoms with Gasteiger partial charge in [-0.25, -0.2) is 4.79 Å². The molecule has 25 heavy (non-hydrogen) atoms. The highest BCUT2D eigenvalue weighted by Crippen LogP contribution is 2.23. The lowest BCUT2D eigenvalue weighted by atomic mass is 10.1. The number of benzene rings is 2. The number of hydrogen-bond acceptors (Lipinski definition) is 5. The Morgan fingerprint density at radius 3 is 2.32 bits per heavy atom. The van der Waals surface area contributed by atoms with Gasteiger partial charge in [0.05, 0.1) is 0 Å². The largest absolute Gasteiger partial charge is 0.507 e. The van der Waals surface area contributed by atoms with Crippen molar-refractivity contribution in [2.24, 2.45) is 0 Å².